The van der Waals surface area contributed by atoms with Crippen LogP contribution in [0.4, 0.5) is 11.5 Å². The summed E-state index contributed by atoms with van der Waals surface area (Å²) in [6.07, 6.45) is 1.53. The second-order valence-corrected chi connectivity index (χ2v) is 6.67. The van der Waals surface area contributed by atoms with Crippen molar-refractivity contribution in [1.29, 1.82) is 0 Å². The lowest BCUT2D eigenvalue weighted by Gasteiger charge is -2.35. The lowest BCUT2D eigenvalue weighted by Crippen LogP contribution is -2.41. The fourth-order valence-electron chi connectivity index (χ4n) is 2.28. The molecule has 0 aliphatic carbocycles. The molecule has 5 nitrogen and oxygen atoms in total. The number of carbonyl (C=O) groups excluding carboxylic acids is 1. The van der Waals surface area contributed by atoms with Crippen LogP contribution in [0.1, 0.15) is 24.2 Å². The van der Waals surface area contributed by atoms with Gasteiger partial charge in [-0.25, -0.2) is 9.78 Å². The molecule has 1 aliphatic heterocycles. The molecule has 2 rings (SSSR count). The smallest absolute Gasteiger partial charge is 0.340 e. The van der Waals surface area contributed by atoms with Gasteiger partial charge in [-0.3, -0.25) is 0 Å². The number of nitrogens with zero attached hydrogens (tertiary/aromatic N) is 2. The highest BCUT2D eigenvalue weighted by molar-refractivity contribution is 8.00. The molecule has 0 amide bonds. The van der Waals surface area contributed by atoms with E-state index < -0.39 is 5.97 Å². The summed E-state index contributed by atoms with van der Waals surface area (Å²) >= 11 is 1.97. The Morgan fingerprint density at radius 3 is 2.68 bits per heavy atom. The summed E-state index contributed by atoms with van der Waals surface area (Å²) < 4.78 is 4.73. The maximum absolute atomic E-state index is 11.6. The summed E-state index contributed by atoms with van der Waals surface area (Å²) in [5.74, 6) is 0.363. The maximum atomic E-state index is 11.6. The second-order valence-electron chi connectivity index (χ2n) is 4.78. The minimum atomic E-state index is -0.423. The van der Waals surface area contributed by atoms with Gasteiger partial charge in [0.25, 0.3) is 0 Å². The van der Waals surface area contributed by atoms with E-state index in [1.165, 1.54) is 13.3 Å². The summed E-state index contributed by atoms with van der Waals surface area (Å²) in [6, 6.07) is 1.72. The molecule has 1 saturated heterocycles. The van der Waals surface area contributed by atoms with Crippen LogP contribution >= 0.6 is 11.8 Å². The maximum Gasteiger partial charge on any atom is 0.340 e. The normalized spacial score (nSPS) is 23.2. The first-order valence-electron chi connectivity index (χ1n) is 6.25. The number of aromatic nitrogens is 1. The number of carbonyl (C=O) groups is 1. The molecule has 2 heterocycles. The minimum absolute atomic E-state index is 0.350. The van der Waals surface area contributed by atoms with Crippen molar-refractivity contribution in [3.05, 3.63) is 17.8 Å². The Balaban J connectivity index is 2.27. The van der Waals surface area contributed by atoms with Crippen molar-refractivity contribution < 1.29 is 9.53 Å². The van der Waals surface area contributed by atoms with Gasteiger partial charge in [0.1, 0.15) is 5.82 Å². The molecule has 1 aliphatic rings. The molecule has 0 saturated carbocycles. The molecule has 0 bridgehead atoms. The van der Waals surface area contributed by atoms with Crippen molar-refractivity contribution in [3.8, 4) is 0 Å². The van der Waals surface area contributed by atoms with Crippen LogP contribution in [0.3, 0.4) is 0 Å². The van der Waals surface area contributed by atoms with E-state index >= 15 is 0 Å². The van der Waals surface area contributed by atoms with E-state index in [-0.39, 0.29) is 0 Å². The Morgan fingerprint density at radius 2 is 2.11 bits per heavy atom. The molecule has 1 aromatic rings. The predicted octanol–water partition coefficient (Wildman–Crippen LogP) is 1.78. The summed E-state index contributed by atoms with van der Waals surface area (Å²) in [5.41, 5.74) is 6.49. The molecule has 104 valence electrons. The summed E-state index contributed by atoms with van der Waals surface area (Å²) in [7, 11) is 1.35. The van der Waals surface area contributed by atoms with Gasteiger partial charge in [-0.15, -0.1) is 0 Å². The van der Waals surface area contributed by atoms with Crippen LogP contribution in [-0.2, 0) is 4.74 Å². The number of thioether (sulfide) groups is 1. The number of pyridine rings is 1. The molecular weight excluding hydrogens is 262 g/mol. The van der Waals surface area contributed by atoms with Crippen LogP contribution in [-0.4, -0.2) is 41.7 Å². The van der Waals surface area contributed by atoms with E-state index in [1.807, 2.05) is 11.8 Å². The topological polar surface area (TPSA) is 68.5 Å². The largest absolute Gasteiger partial charge is 0.465 e. The van der Waals surface area contributed by atoms with Crippen molar-refractivity contribution in [1.82, 2.24) is 4.98 Å². The highest BCUT2D eigenvalue weighted by Crippen LogP contribution is 2.28. The van der Waals surface area contributed by atoms with Crippen LogP contribution in [0, 0.1) is 0 Å². The number of nitrogen functional groups attached to an aromatic ring is 1. The summed E-state index contributed by atoms with van der Waals surface area (Å²) in [5, 5.41) is 1.09. The fourth-order valence-corrected chi connectivity index (χ4v) is 3.60. The first-order valence-corrected chi connectivity index (χ1v) is 7.19. The van der Waals surface area contributed by atoms with Gasteiger partial charge in [-0.2, -0.15) is 11.8 Å². The average Bonchev–Trinajstić information content (AvgIpc) is 2.37. The number of anilines is 2. The van der Waals surface area contributed by atoms with Crippen molar-refractivity contribution in [2.24, 2.45) is 0 Å². The predicted molar refractivity (Wildman–Crippen MR) is 78.7 cm³/mol. The highest BCUT2D eigenvalue weighted by atomic mass is 32.2. The lowest BCUT2D eigenvalue weighted by atomic mass is 10.2. The zero-order valence-corrected chi connectivity index (χ0v) is 12.2. The molecule has 0 spiro atoms. The third-order valence-electron chi connectivity index (χ3n) is 3.07. The van der Waals surface area contributed by atoms with Gasteiger partial charge in [0.2, 0.25) is 0 Å². The Hall–Kier alpha value is -1.43. The Morgan fingerprint density at radius 1 is 1.47 bits per heavy atom. The van der Waals surface area contributed by atoms with Crippen molar-refractivity contribution in [2.75, 3.05) is 30.8 Å². The second kappa shape index (κ2) is 5.69. The van der Waals surface area contributed by atoms with E-state index in [1.54, 1.807) is 6.07 Å². The molecule has 0 aromatic carbocycles. The molecule has 19 heavy (non-hydrogen) atoms. The average molecular weight is 281 g/mol. The van der Waals surface area contributed by atoms with Crippen LogP contribution in [0.25, 0.3) is 0 Å². The quantitative estimate of drug-likeness (QED) is 0.833. The van der Waals surface area contributed by atoms with Gasteiger partial charge in [0.05, 0.1) is 24.6 Å². The number of esters is 1. The van der Waals surface area contributed by atoms with E-state index in [2.05, 4.69) is 23.7 Å². The molecule has 1 fully saturated rings. The zero-order valence-electron chi connectivity index (χ0n) is 11.4. The Bertz CT molecular complexity index is 471. The van der Waals surface area contributed by atoms with E-state index in [4.69, 9.17) is 10.5 Å². The number of ether oxygens (including phenoxy) is 1. The van der Waals surface area contributed by atoms with Crippen molar-refractivity contribution >= 4 is 29.2 Å². The van der Waals surface area contributed by atoms with Crippen molar-refractivity contribution in [2.45, 2.75) is 24.3 Å². The first-order chi connectivity index (χ1) is 9.01. The third-order valence-corrected chi connectivity index (χ3v) is 4.30. The standard InChI is InChI=1S/C13H19N3O2S/c1-8-6-16(7-9(2)19-8)12-4-10(13(17)18-3)11(14)5-15-12/h4-5,8-9H,6-7,14H2,1-3H3. The number of hydrogen-bond acceptors (Lipinski definition) is 6. The van der Waals surface area contributed by atoms with Gasteiger partial charge in [-0.05, 0) is 6.07 Å². The van der Waals surface area contributed by atoms with Gasteiger partial charge in [0.15, 0.2) is 0 Å². The molecule has 1 aromatic heterocycles. The van der Waals surface area contributed by atoms with E-state index in [0.717, 1.165) is 18.9 Å². The van der Waals surface area contributed by atoms with Crippen LogP contribution < -0.4 is 10.6 Å². The molecular formula is C13H19N3O2S. The van der Waals surface area contributed by atoms with Gasteiger partial charge < -0.3 is 15.4 Å². The molecule has 2 atom stereocenters. The van der Waals surface area contributed by atoms with Crippen molar-refractivity contribution in [3.63, 3.8) is 0 Å². The SMILES string of the molecule is COC(=O)c1cc(N2CC(C)SC(C)C2)ncc1N. The lowest BCUT2D eigenvalue weighted by molar-refractivity contribution is 0.0602. The Kier molecular flexibility index (Phi) is 4.19. The first kappa shape index (κ1) is 14.0. The minimum Gasteiger partial charge on any atom is -0.465 e. The van der Waals surface area contributed by atoms with Crippen LogP contribution in [0.2, 0.25) is 0 Å². The van der Waals surface area contributed by atoms with Gasteiger partial charge in [0, 0.05) is 23.6 Å². The molecule has 0 radical (unpaired) electrons. The summed E-state index contributed by atoms with van der Waals surface area (Å²) in [4.78, 5) is 18.2. The Labute approximate surface area is 117 Å². The molecule has 2 N–H and O–H groups in total. The zero-order chi connectivity index (χ0) is 14.0. The highest BCUT2D eigenvalue weighted by Gasteiger charge is 2.24. The van der Waals surface area contributed by atoms with Crippen LogP contribution in [0.5, 0.6) is 0 Å². The fraction of sp³-hybridized carbons (Fsp3) is 0.538. The van der Waals surface area contributed by atoms with Crippen LogP contribution in [0.15, 0.2) is 12.3 Å². The number of hydrogen-bond donors (Lipinski definition) is 1. The molecule has 6 heteroatoms. The van der Waals surface area contributed by atoms with Gasteiger partial charge in [-0.1, -0.05) is 13.8 Å². The number of rotatable bonds is 2. The number of nitrogens with two attached hydrogens (primary N) is 1. The van der Waals surface area contributed by atoms with Gasteiger partial charge >= 0.3 is 5.97 Å². The summed E-state index contributed by atoms with van der Waals surface area (Å²) in [6.45, 7) is 6.25. The monoisotopic (exact) mass is 281 g/mol. The number of methoxy groups -OCH3 is 1. The third kappa shape index (κ3) is 3.12. The van der Waals surface area contributed by atoms with E-state index in [0.29, 0.717) is 21.8 Å². The van der Waals surface area contributed by atoms with E-state index in [9.17, 15) is 4.79 Å². The molecule has 2 unspecified atom stereocenters.